The molecule has 1 saturated heterocycles. The van der Waals surface area contributed by atoms with Crippen LogP contribution in [0.5, 0.6) is 0 Å². The first kappa shape index (κ1) is 14.1. The minimum atomic E-state index is -0.464. The maximum atomic E-state index is 12.6. The number of hydrogen-bond donors (Lipinski definition) is 0. The molecule has 1 heterocycles. The maximum Gasteiger partial charge on any atom is 0.225 e. The normalized spacial score (nSPS) is 29.1. The monoisotopic (exact) mass is 284 g/mol. The fraction of sp³-hybridized carbons (Fsp3) is 0.529. The molecule has 1 amide bonds. The molecule has 3 rings (SSSR count). The summed E-state index contributed by atoms with van der Waals surface area (Å²) in [4.78, 5) is 14.4. The summed E-state index contributed by atoms with van der Waals surface area (Å²) in [7, 11) is 0. The molecule has 1 aromatic rings. The summed E-state index contributed by atoms with van der Waals surface area (Å²) in [6.45, 7) is 1.50. The van der Waals surface area contributed by atoms with E-state index in [1.54, 1.807) is 0 Å². The van der Waals surface area contributed by atoms with Gasteiger partial charge < -0.3 is 9.64 Å². The number of carbonyl (C=O) groups is 1. The molecule has 4 heteroatoms. The highest BCUT2D eigenvalue weighted by atomic mass is 16.5. The number of benzene rings is 1. The second kappa shape index (κ2) is 6.28. The fourth-order valence-corrected chi connectivity index (χ4v) is 3.42. The van der Waals surface area contributed by atoms with E-state index in [1.165, 1.54) is 5.56 Å². The number of nitrogens with zero attached hydrogens (tertiary/aromatic N) is 2. The molecule has 110 valence electrons. The van der Waals surface area contributed by atoms with Gasteiger partial charge >= 0.3 is 0 Å². The zero-order chi connectivity index (χ0) is 14.7. The van der Waals surface area contributed by atoms with Gasteiger partial charge in [0.15, 0.2) is 6.10 Å². The molecule has 2 fully saturated rings. The van der Waals surface area contributed by atoms with Crippen molar-refractivity contribution >= 4 is 5.91 Å². The van der Waals surface area contributed by atoms with E-state index >= 15 is 0 Å². The van der Waals surface area contributed by atoms with E-state index in [1.807, 2.05) is 11.0 Å². The number of nitriles is 1. The molecular formula is C17H20N2O2. The van der Waals surface area contributed by atoms with E-state index in [2.05, 4.69) is 30.3 Å². The summed E-state index contributed by atoms with van der Waals surface area (Å²) < 4.78 is 5.31. The minimum absolute atomic E-state index is 0.104. The molecule has 3 atom stereocenters. The number of amides is 1. The average Bonchev–Trinajstić information content (AvgIpc) is 3.05. The summed E-state index contributed by atoms with van der Waals surface area (Å²) in [6.07, 6.45) is 2.49. The lowest BCUT2D eigenvalue weighted by Gasteiger charge is -2.31. The molecule has 0 radical (unpaired) electrons. The van der Waals surface area contributed by atoms with Gasteiger partial charge in [-0.15, -0.1) is 0 Å². The Morgan fingerprint density at radius 1 is 1.29 bits per heavy atom. The molecule has 1 unspecified atom stereocenters. The van der Waals surface area contributed by atoms with E-state index in [4.69, 9.17) is 10.00 Å². The molecule has 1 aromatic carbocycles. The predicted molar refractivity (Wildman–Crippen MR) is 78.5 cm³/mol. The standard InChI is InChI=1S/C17H20N2O2/c18-11-16-12-19(8-9-21-16)17(20)15-7-6-14(10-15)13-4-2-1-3-5-13/h1-5,14-16H,6-10,12H2/t14-,15-,16?/m1/s1. The Hall–Kier alpha value is -1.86. The van der Waals surface area contributed by atoms with Gasteiger partial charge in [-0.1, -0.05) is 30.3 Å². The van der Waals surface area contributed by atoms with Crippen molar-refractivity contribution in [3.05, 3.63) is 35.9 Å². The van der Waals surface area contributed by atoms with Gasteiger partial charge in [-0.2, -0.15) is 5.26 Å². The van der Waals surface area contributed by atoms with Gasteiger partial charge in [-0.25, -0.2) is 0 Å². The Balaban J connectivity index is 1.61. The van der Waals surface area contributed by atoms with Gasteiger partial charge in [0.1, 0.15) is 0 Å². The summed E-state index contributed by atoms with van der Waals surface area (Å²) >= 11 is 0. The van der Waals surface area contributed by atoms with Crippen LogP contribution in [0.25, 0.3) is 0 Å². The van der Waals surface area contributed by atoms with Gasteiger partial charge in [-0.3, -0.25) is 4.79 Å². The van der Waals surface area contributed by atoms with Crippen molar-refractivity contribution in [1.82, 2.24) is 4.90 Å². The van der Waals surface area contributed by atoms with E-state index in [9.17, 15) is 4.79 Å². The van der Waals surface area contributed by atoms with Gasteiger partial charge in [0.05, 0.1) is 19.2 Å². The van der Waals surface area contributed by atoms with E-state index < -0.39 is 6.10 Å². The number of hydrogen-bond acceptors (Lipinski definition) is 3. The maximum absolute atomic E-state index is 12.6. The topological polar surface area (TPSA) is 53.3 Å². The lowest BCUT2D eigenvalue weighted by Crippen LogP contribution is -2.47. The number of morpholine rings is 1. The molecule has 2 aliphatic rings. The average molecular weight is 284 g/mol. The van der Waals surface area contributed by atoms with Crippen LogP contribution in [-0.4, -0.2) is 36.6 Å². The van der Waals surface area contributed by atoms with E-state index in [0.29, 0.717) is 25.6 Å². The molecule has 21 heavy (non-hydrogen) atoms. The molecule has 0 spiro atoms. The first-order chi connectivity index (χ1) is 10.3. The van der Waals surface area contributed by atoms with Crippen LogP contribution in [0.1, 0.15) is 30.7 Å². The molecule has 1 aliphatic carbocycles. The highest BCUT2D eigenvalue weighted by Crippen LogP contribution is 2.39. The highest BCUT2D eigenvalue weighted by molar-refractivity contribution is 5.79. The molecule has 4 nitrogen and oxygen atoms in total. The molecular weight excluding hydrogens is 264 g/mol. The highest BCUT2D eigenvalue weighted by Gasteiger charge is 2.35. The smallest absolute Gasteiger partial charge is 0.225 e. The number of rotatable bonds is 2. The summed E-state index contributed by atoms with van der Waals surface area (Å²) in [5.74, 6) is 0.803. The van der Waals surface area contributed by atoms with Crippen LogP contribution < -0.4 is 0 Å². The second-order valence-corrected chi connectivity index (χ2v) is 5.89. The SMILES string of the molecule is N#CC1CN(C(=O)[C@@H]2CC[C@@H](c3ccccc3)C2)CCO1. The number of carbonyl (C=O) groups excluding carboxylic acids is 1. The van der Waals surface area contributed by atoms with Crippen molar-refractivity contribution in [2.75, 3.05) is 19.7 Å². The van der Waals surface area contributed by atoms with Crippen molar-refractivity contribution in [2.24, 2.45) is 5.92 Å². The van der Waals surface area contributed by atoms with Gasteiger partial charge in [0.25, 0.3) is 0 Å². The third-order valence-electron chi connectivity index (χ3n) is 4.57. The summed E-state index contributed by atoms with van der Waals surface area (Å²) in [6, 6.07) is 12.5. The Kier molecular flexibility index (Phi) is 4.21. The third kappa shape index (κ3) is 3.08. The second-order valence-electron chi connectivity index (χ2n) is 5.89. The van der Waals surface area contributed by atoms with Crippen LogP contribution in [0.15, 0.2) is 30.3 Å². The zero-order valence-corrected chi connectivity index (χ0v) is 12.1. The van der Waals surface area contributed by atoms with Crippen molar-refractivity contribution < 1.29 is 9.53 Å². The van der Waals surface area contributed by atoms with Gasteiger partial charge in [-0.05, 0) is 30.7 Å². The van der Waals surface area contributed by atoms with Crippen molar-refractivity contribution in [2.45, 2.75) is 31.3 Å². The molecule has 1 saturated carbocycles. The Morgan fingerprint density at radius 2 is 2.10 bits per heavy atom. The lowest BCUT2D eigenvalue weighted by molar-refractivity contribution is -0.141. The largest absolute Gasteiger partial charge is 0.360 e. The predicted octanol–water partition coefficient (Wildman–Crippen LogP) is 2.32. The van der Waals surface area contributed by atoms with Crippen LogP contribution in [0.3, 0.4) is 0 Å². The van der Waals surface area contributed by atoms with Crippen molar-refractivity contribution in [3.8, 4) is 6.07 Å². The minimum Gasteiger partial charge on any atom is -0.360 e. The first-order valence-electron chi connectivity index (χ1n) is 7.63. The first-order valence-corrected chi connectivity index (χ1v) is 7.63. The zero-order valence-electron chi connectivity index (χ0n) is 12.1. The molecule has 0 bridgehead atoms. The van der Waals surface area contributed by atoms with Crippen LogP contribution in [-0.2, 0) is 9.53 Å². The van der Waals surface area contributed by atoms with Crippen molar-refractivity contribution in [3.63, 3.8) is 0 Å². The van der Waals surface area contributed by atoms with Gasteiger partial charge in [0.2, 0.25) is 5.91 Å². The third-order valence-corrected chi connectivity index (χ3v) is 4.57. The number of ether oxygens (including phenoxy) is 1. The van der Waals surface area contributed by atoms with Crippen LogP contribution in [0.2, 0.25) is 0 Å². The fourth-order valence-electron chi connectivity index (χ4n) is 3.42. The molecule has 0 aromatic heterocycles. The summed E-state index contributed by atoms with van der Waals surface area (Å²) in [5, 5.41) is 8.93. The van der Waals surface area contributed by atoms with Crippen LogP contribution >= 0.6 is 0 Å². The van der Waals surface area contributed by atoms with Crippen LogP contribution in [0, 0.1) is 17.2 Å². The molecule has 0 N–H and O–H groups in total. The summed E-state index contributed by atoms with van der Waals surface area (Å²) in [5.41, 5.74) is 1.34. The van der Waals surface area contributed by atoms with E-state index in [-0.39, 0.29) is 11.8 Å². The van der Waals surface area contributed by atoms with Crippen molar-refractivity contribution in [1.29, 1.82) is 5.26 Å². The van der Waals surface area contributed by atoms with Gasteiger partial charge in [0, 0.05) is 12.5 Å². The Bertz CT molecular complexity index is 537. The Morgan fingerprint density at radius 3 is 2.86 bits per heavy atom. The molecule has 1 aliphatic heterocycles. The van der Waals surface area contributed by atoms with Crippen LogP contribution in [0.4, 0.5) is 0 Å². The van der Waals surface area contributed by atoms with E-state index in [0.717, 1.165) is 19.3 Å². The lowest BCUT2D eigenvalue weighted by atomic mass is 9.96. The Labute approximate surface area is 125 Å². The quantitative estimate of drug-likeness (QED) is 0.837.